The Labute approximate surface area is 206 Å². The number of hydrogen-bond acceptors (Lipinski definition) is 7. The third-order valence-corrected chi connectivity index (χ3v) is 5.78. The van der Waals surface area contributed by atoms with Gasteiger partial charge in [-0.05, 0) is 49.6 Å². The van der Waals surface area contributed by atoms with Crippen molar-refractivity contribution < 1.29 is 32.4 Å². The molecule has 0 aliphatic carbocycles. The van der Waals surface area contributed by atoms with Crippen molar-refractivity contribution in [2.45, 2.75) is 27.2 Å². The van der Waals surface area contributed by atoms with Crippen molar-refractivity contribution in [3.8, 4) is 17.1 Å². The molecule has 4 aromatic rings. The molecule has 0 atom stereocenters. The second kappa shape index (κ2) is 9.10. The number of carbonyl (C=O) groups is 3. The van der Waals surface area contributed by atoms with Crippen LogP contribution in [0.25, 0.3) is 11.3 Å². The normalized spacial score (nSPS) is 15.1. The van der Waals surface area contributed by atoms with Crippen molar-refractivity contribution in [2.75, 3.05) is 9.80 Å². The summed E-state index contributed by atoms with van der Waals surface area (Å²) < 4.78 is 21.7. The van der Waals surface area contributed by atoms with Gasteiger partial charge in [0.2, 0.25) is 11.8 Å². The molecular formula is C27H22N2O7. The smallest absolute Gasteiger partial charge is 0.345 e. The van der Waals surface area contributed by atoms with E-state index in [0.29, 0.717) is 29.1 Å². The van der Waals surface area contributed by atoms with Crippen LogP contribution in [0, 0.1) is 6.92 Å². The average Bonchev–Trinajstić information content (AvgIpc) is 3.63. The fourth-order valence-corrected chi connectivity index (χ4v) is 4.20. The number of ether oxygens (including phenoxy) is 1. The number of urea groups is 1. The van der Waals surface area contributed by atoms with Crippen LogP contribution in [0.2, 0.25) is 0 Å². The van der Waals surface area contributed by atoms with Crippen molar-refractivity contribution in [3.05, 3.63) is 89.7 Å². The molecule has 1 aliphatic heterocycles. The summed E-state index contributed by atoms with van der Waals surface area (Å²) in [5.41, 5.74) is 3.23. The molecule has 3 aromatic heterocycles. The van der Waals surface area contributed by atoms with Gasteiger partial charge in [0, 0.05) is 30.2 Å². The van der Waals surface area contributed by atoms with Crippen LogP contribution in [-0.2, 0) is 16.0 Å². The molecule has 3 amide bonds. The number of amides is 3. The highest BCUT2D eigenvalue weighted by Crippen LogP contribution is 2.36. The first-order chi connectivity index (χ1) is 17.3. The van der Waals surface area contributed by atoms with Crippen molar-refractivity contribution in [2.24, 2.45) is 0 Å². The van der Waals surface area contributed by atoms with Gasteiger partial charge in [-0.3, -0.25) is 9.59 Å². The lowest BCUT2D eigenvalue weighted by Crippen LogP contribution is -2.32. The Kier molecular flexibility index (Phi) is 5.81. The molecule has 9 nitrogen and oxygen atoms in total. The maximum absolute atomic E-state index is 13.4. The van der Waals surface area contributed by atoms with Gasteiger partial charge in [-0.1, -0.05) is 18.2 Å². The minimum absolute atomic E-state index is 0.128. The molecule has 0 N–H and O–H groups in total. The molecule has 0 spiro atoms. The summed E-state index contributed by atoms with van der Waals surface area (Å²) in [6, 6.07) is 13.4. The first-order valence-corrected chi connectivity index (χ1v) is 11.2. The van der Waals surface area contributed by atoms with Crippen molar-refractivity contribution in [1.82, 2.24) is 0 Å². The van der Waals surface area contributed by atoms with Crippen LogP contribution in [0.1, 0.15) is 25.0 Å². The summed E-state index contributed by atoms with van der Waals surface area (Å²) in [7, 11) is 0. The Morgan fingerprint density at radius 2 is 1.61 bits per heavy atom. The van der Waals surface area contributed by atoms with Gasteiger partial charge in [-0.2, -0.15) is 4.90 Å². The van der Waals surface area contributed by atoms with Gasteiger partial charge in [-0.15, -0.1) is 0 Å². The van der Waals surface area contributed by atoms with Gasteiger partial charge < -0.3 is 18.0 Å². The van der Waals surface area contributed by atoms with E-state index >= 15 is 0 Å². The fourth-order valence-electron chi connectivity index (χ4n) is 4.20. The molecule has 1 saturated heterocycles. The highest BCUT2D eigenvalue weighted by Gasteiger charge is 2.46. The minimum atomic E-state index is -0.586. The third-order valence-electron chi connectivity index (χ3n) is 5.78. The van der Waals surface area contributed by atoms with E-state index in [9.17, 15) is 14.4 Å². The Balaban J connectivity index is 1.50. The Bertz CT molecular complexity index is 1480. The van der Waals surface area contributed by atoms with Crippen LogP contribution in [0.5, 0.6) is 5.75 Å². The predicted octanol–water partition coefficient (Wildman–Crippen LogP) is 5.86. The zero-order chi connectivity index (χ0) is 25.4. The zero-order valence-corrected chi connectivity index (χ0v) is 19.8. The van der Waals surface area contributed by atoms with E-state index in [2.05, 4.69) is 0 Å². The molecule has 36 heavy (non-hydrogen) atoms. The molecular weight excluding hydrogens is 464 g/mol. The molecule has 0 radical (unpaired) electrons. The van der Waals surface area contributed by atoms with E-state index in [0.717, 1.165) is 16.0 Å². The van der Waals surface area contributed by atoms with Gasteiger partial charge in [0.15, 0.2) is 5.75 Å². The van der Waals surface area contributed by atoms with E-state index in [1.807, 2.05) is 31.2 Å². The standard InChI is InChI=1S/C27H22N2O7/c1-16(13-19-7-4-8-20(14-19)25-17(2)21(15-35-25)36-18(3)30)24-26(31)29(23-10-6-12-34-23)27(32)28(24)22-9-5-11-33-22/h4-12,14-15H,13H2,1-3H3/b24-16-. The Hall–Kier alpha value is -4.79. The lowest BCUT2D eigenvalue weighted by Gasteiger charge is -2.15. The summed E-state index contributed by atoms with van der Waals surface area (Å²) >= 11 is 0. The number of nitrogens with zero attached hydrogens (tertiary/aromatic N) is 2. The van der Waals surface area contributed by atoms with Crippen LogP contribution in [0.3, 0.4) is 0 Å². The number of furan rings is 3. The maximum atomic E-state index is 13.4. The molecule has 0 bridgehead atoms. The number of allylic oxidation sites excluding steroid dienone is 1. The van der Waals surface area contributed by atoms with E-state index < -0.39 is 17.9 Å². The summed E-state index contributed by atoms with van der Waals surface area (Å²) in [5.74, 6) is 0.364. The first kappa shape index (κ1) is 23.0. The molecule has 1 aliphatic rings. The van der Waals surface area contributed by atoms with Crippen LogP contribution in [-0.4, -0.2) is 17.9 Å². The minimum Gasteiger partial charge on any atom is -0.460 e. The lowest BCUT2D eigenvalue weighted by molar-refractivity contribution is -0.132. The van der Waals surface area contributed by atoms with Crippen molar-refractivity contribution in [3.63, 3.8) is 0 Å². The summed E-state index contributed by atoms with van der Waals surface area (Å²) in [6.07, 6.45) is 4.62. The number of anilines is 2. The molecule has 0 unspecified atom stereocenters. The van der Waals surface area contributed by atoms with Gasteiger partial charge in [0.05, 0.1) is 12.5 Å². The number of imide groups is 1. The van der Waals surface area contributed by atoms with Crippen LogP contribution in [0.15, 0.2) is 91.8 Å². The Morgan fingerprint density at radius 3 is 2.25 bits per heavy atom. The molecule has 5 rings (SSSR count). The summed E-state index contributed by atoms with van der Waals surface area (Å²) in [4.78, 5) is 40.3. The zero-order valence-electron chi connectivity index (χ0n) is 19.8. The quantitative estimate of drug-likeness (QED) is 0.191. The van der Waals surface area contributed by atoms with Gasteiger partial charge in [-0.25, -0.2) is 9.69 Å². The number of benzene rings is 1. The molecule has 1 aromatic carbocycles. The molecule has 1 fully saturated rings. The number of hydrogen-bond donors (Lipinski definition) is 0. The maximum Gasteiger partial charge on any atom is 0.345 e. The predicted molar refractivity (Wildman–Crippen MR) is 129 cm³/mol. The first-order valence-electron chi connectivity index (χ1n) is 11.2. The number of esters is 1. The largest absolute Gasteiger partial charge is 0.460 e. The fraction of sp³-hybridized carbons (Fsp3) is 0.148. The molecule has 9 heteroatoms. The van der Waals surface area contributed by atoms with Gasteiger partial charge >= 0.3 is 12.0 Å². The van der Waals surface area contributed by atoms with E-state index in [1.54, 1.807) is 31.2 Å². The van der Waals surface area contributed by atoms with E-state index in [4.69, 9.17) is 18.0 Å². The Morgan fingerprint density at radius 1 is 0.917 bits per heavy atom. The van der Waals surface area contributed by atoms with Crippen LogP contribution in [0.4, 0.5) is 16.6 Å². The van der Waals surface area contributed by atoms with Crippen LogP contribution < -0.4 is 14.5 Å². The van der Waals surface area contributed by atoms with E-state index in [-0.39, 0.29) is 17.5 Å². The van der Waals surface area contributed by atoms with Crippen molar-refractivity contribution in [1.29, 1.82) is 0 Å². The van der Waals surface area contributed by atoms with Gasteiger partial charge in [0.1, 0.15) is 17.7 Å². The monoisotopic (exact) mass is 486 g/mol. The second-order valence-electron chi connectivity index (χ2n) is 8.31. The average molecular weight is 486 g/mol. The third kappa shape index (κ3) is 4.00. The topological polar surface area (TPSA) is 106 Å². The molecule has 0 saturated carbocycles. The SMILES string of the molecule is CC(=O)Oc1coc(-c2cccc(C/C(C)=C3/C(=O)N(c4ccco4)C(=O)N3c3ccco3)c2)c1C. The number of rotatable bonds is 6. The van der Waals surface area contributed by atoms with E-state index in [1.165, 1.54) is 30.6 Å². The van der Waals surface area contributed by atoms with Crippen molar-refractivity contribution >= 4 is 29.7 Å². The van der Waals surface area contributed by atoms with Crippen LogP contribution >= 0.6 is 0 Å². The van der Waals surface area contributed by atoms with Gasteiger partial charge in [0.25, 0.3) is 5.91 Å². The molecule has 4 heterocycles. The summed E-state index contributed by atoms with van der Waals surface area (Å²) in [5, 5.41) is 0. The number of carbonyl (C=O) groups excluding carboxylic acids is 3. The molecule has 182 valence electrons. The summed E-state index contributed by atoms with van der Waals surface area (Å²) in [6.45, 7) is 4.94. The second-order valence-corrected chi connectivity index (χ2v) is 8.31. The lowest BCUT2D eigenvalue weighted by atomic mass is 10.00. The highest BCUT2D eigenvalue weighted by molar-refractivity contribution is 6.33. The highest BCUT2D eigenvalue weighted by atomic mass is 16.5.